The summed E-state index contributed by atoms with van der Waals surface area (Å²) in [4.78, 5) is 17.4. The molecular formula is C20H18Cl2N2O3S. The van der Waals surface area contributed by atoms with Crippen LogP contribution in [0.3, 0.4) is 0 Å². The normalized spacial score (nSPS) is 16.5. The molecule has 0 aromatic heterocycles. The number of carbonyl (C=O) groups is 1. The maximum absolute atomic E-state index is 12.4. The van der Waals surface area contributed by atoms with E-state index in [0.717, 1.165) is 11.1 Å². The first kappa shape index (κ1) is 20.6. The number of hydrogen-bond donors (Lipinski definition) is 1. The number of halogens is 2. The summed E-state index contributed by atoms with van der Waals surface area (Å²) in [7, 11) is 1.53. The van der Waals surface area contributed by atoms with Crippen molar-refractivity contribution in [2.75, 3.05) is 13.7 Å². The van der Waals surface area contributed by atoms with Crippen LogP contribution in [0.2, 0.25) is 10.0 Å². The van der Waals surface area contributed by atoms with Crippen LogP contribution in [-0.2, 0) is 4.79 Å². The molecule has 2 aromatic carbocycles. The van der Waals surface area contributed by atoms with Gasteiger partial charge in [-0.05, 0) is 67.1 Å². The highest BCUT2D eigenvalue weighted by molar-refractivity contribution is 8.18. The van der Waals surface area contributed by atoms with E-state index < -0.39 is 0 Å². The minimum Gasteiger partial charge on any atom is -0.491 e. The van der Waals surface area contributed by atoms with Crippen LogP contribution in [-0.4, -0.2) is 24.8 Å². The van der Waals surface area contributed by atoms with Crippen LogP contribution in [0.4, 0.5) is 5.69 Å². The first-order valence-corrected chi connectivity index (χ1v) is 10.0. The Morgan fingerprint density at radius 1 is 1.25 bits per heavy atom. The zero-order valence-electron chi connectivity index (χ0n) is 15.5. The summed E-state index contributed by atoms with van der Waals surface area (Å²) in [6.07, 6.45) is 1.74. The number of amidine groups is 1. The molecular weight excluding hydrogens is 419 g/mol. The van der Waals surface area contributed by atoms with Gasteiger partial charge in [0.15, 0.2) is 16.7 Å². The Balaban J connectivity index is 1.91. The molecule has 2 aromatic rings. The molecule has 0 unspecified atom stereocenters. The highest BCUT2D eigenvalue weighted by Crippen LogP contribution is 2.38. The molecule has 1 aliphatic rings. The van der Waals surface area contributed by atoms with E-state index in [1.807, 2.05) is 26.0 Å². The van der Waals surface area contributed by atoms with Crippen molar-refractivity contribution in [3.63, 3.8) is 0 Å². The number of hydrogen-bond acceptors (Lipinski definition) is 5. The predicted molar refractivity (Wildman–Crippen MR) is 116 cm³/mol. The molecule has 146 valence electrons. The molecule has 0 aliphatic carbocycles. The van der Waals surface area contributed by atoms with Gasteiger partial charge >= 0.3 is 0 Å². The first-order chi connectivity index (χ1) is 13.4. The molecule has 1 fully saturated rings. The van der Waals surface area contributed by atoms with Crippen LogP contribution >= 0.6 is 35.0 Å². The second-order valence-corrected chi connectivity index (χ2v) is 7.68. The molecule has 1 saturated heterocycles. The smallest absolute Gasteiger partial charge is 0.264 e. The van der Waals surface area contributed by atoms with E-state index in [1.54, 1.807) is 24.3 Å². The van der Waals surface area contributed by atoms with Crippen molar-refractivity contribution < 1.29 is 14.3 Å². The molecule has 0 spiro atoms. The van der Waals surface area contributed by atoms with Gasteiger partial charge in [0.1, 0.15) is 0 Å². The molecule has 1 N–H and O–H groups in total. The van der Waals surface area contributed by atoms with Crippen molar-refractivity contribution in [1.82, 2.24) is 5.32 Å². The van der Waals surface area contributed by atoms with E-state index >= 15 is 0 Å². The maximum Gasteiger partial charge on any atom is 0.264 e. The summed E-state index contributed by atoms with van der Waals surface area (Å²) in [6, 6.07) is 8.97. The highest BCUT2D eigenvalue weighted by Gasteiger charge is 2.24. The number of thioether (sulfide) groups is 1. The molecule has 1 heterocycles. The Bertz CT molecular complexity index is 990. The fourth-order valence-electron chi connectivity index (χ4n) is 2.59. The van der Waals surface area contributed by atoms with Gasteiger partial charge in [0.25, 0.3) is 5.91 Å². The van der Waals surface area contributed by atoms with E-state index in [0.29, 0.717) is 43.9 Å². The summed E-state index contributed by atoms with van der Waals surface area (Å²) in [5.74, 6) is 0.761. The zero-order valence-corrected chi connectivity index (χ0v) is 17.8. The van der Waals surface area contributed by atoms with Crippen molar-refractivity contribution in [1.29, 1.82) is 0 Å². The quantitative estimate of drug-likeness (QED) is 0.619. The monoisotopic (exact) mass is 436 g/mol. The fraction of sp³-hybridized carbons (Fsp3) is 0.200. The van der Waals surface area contributed by atoms with E-state index in [9.17, 15) is 4.79 Å². The van der Waals surface area contributed by atoms with Crippen LogP contribution in [0, 0.1) is 6.92 Å². The molecule has 3 rings (SSSR count). The summed E-state index contributed by atoms with van der Waals surface area (Å²) in [6.45, 7) is 4.23. The van der Waals surface area contributed by atoms with Crippen LogP contribution in [0.25, 0.3) is 6.08 Å². The largest absolute Gasteiger partial charge is 0.491 e. The van der Waals surface area contributed by atoms with Gasteiger partial charge in [0.05, 0.1) is 29.3 Å². The Kier molecular flexibility index (Phi) is 6.54. The Hall–Kier alpha value is -2.15. The van der Waals surface area contributed by atoms with Gasteiger partial charge in [-0.3, -0.25) is 4.79 Å². The van der Waals surface area contributed by atoms with Crippen LogP contribution in [0.5, 0.6) is 11.5 Å². The number of methoxy groups -OCH3 is 1. The Morgan fingerprint density at radius 2 is 2.04 bits per heavy atom. The minimum atomic E-state index is -0.228. The summed E-state index contributed by atoms with van der Waals surface area (Å²) in [5, 5.41) is 4.30. The molecule has 8 heteroatoms. The van der Waals surface area contributed by atoms with E-state index in [-0.39, 0.29) is 5.91 Å². The second-order valence-electron chi connectivity index (χ2n) is 5.83. The first-order valence-electron chi connectivity index (χ1n) is 8.48. The van der Waals surface area contributed by atoms with Gasteiger partial charge in [-0.2, -0.15) is 0 Å². The van der Waals surface area contributed by atoms with Crippen molar-refractivity contribution in [2.24, 2.45) is 4.99 Å². The topological polar surface area (TPSA) is 59.9 Å². The standard InChI is InChI=1S/C20H18Cl2N2O3S/c1-4-27-16-9-12(8-14(22)18(16)26-3)10-17-19(25)24-20(28-17)23-15-7-5-6-13(21)11(15)2/h5-10H,4H2,1-3H3,(H,23,24,25)/b17-10+. The number of rotatable bonds is 5. The van der Waals surface area contributed by atoms with Gasteiger partial charge in [0, 0.05) is 5.02 Å². The van der Waals surface area contributed by atoms with Crippen molar-refractivity contribution in [3.05, 3.63) is 56.4 Å². The van der Waals surface area contributed by atoms with E-state index in [1.165, 1.54) is 18.9 Å². The van der Waals surface area contributed by atoms with Gasteiger partial charge < -0.3 is 14.8 Å². The molecule has 1 amide bonds. The van der Waals surface area contributed by atoms with Crippen LogP contribution < -0.4 is 14.8 Å². The molecule has 28 heavy (non-hydrogen) atoms. The van der Waals surface area contributed by atoms with Gasteiger partial charge in [-0.15, -0.1) is 0 Å². The second kappa shape index (κ2) is 8.90. The number of benzene rings is 2. The average molecular weight is 437 g/mol. The third-order valence-corrected chi connectivity index (χ3v) is 5.55. The third-order valence-electron chi connectivity index (χ3n) is 3.95. The summed E-state index contributed by atoms with van der Waals surface area (Å²) >= 11 is 13.7. The molecule has 0 atom stereocenters. The Labute approximate surface area is 177 Å². The number of nitrogens with zero attached hydrogens (tertiary/aromatic N) is 1. The predicted octanol–water partition coefficient (Wildman–Crippen LogP) is 5.60. The van der Waals surface area contributed by atoms with E-state index in [2.05, 4.69) is 10.3 Å². The number of aliphatic imine (C=N–C) groups is 1. The van der Waals surface area contributed by atoms with Crippen molar-refractivity contribution in [3.8, 4) is 11.5 Å². The lowest BCUT2D eigenvalue weighted by molar-refractivity contribution is -0.115. The van der Waals surface area contributed by atoms with Gasteiger partial charge in [-0.25, -0.2) is 4.99 Å². The maximum atomic E-state index is 12.4. The average Bonchev–Trinajstić information content (AvgIpc) is 2.98. The molecule has 0 bridgehead atoms. The molecule has 0 radical (unpaired) electrons. The number of nitrogens with one attached hydrogen (secondary N) is 1. The van der Waals surface area contributed by atoms with Crippen molar-refractivity contribution >= 4 is 57.8 Å². The summed E-state index contributed by atoms with van der Waals surface area (Å²) in [5.41, 5.74) is 2.29. The van der Waals surface area contributed by atoms with Gasteiger partial charge in [0.2, 0.25) is 0 Å². The molecule has 5 nitrogen and oxygen atoms in total. The summed E-state index contributed by atoms with van der Waals surface area (Å²) < 4.78 is 10.9. The van der Waals surface area contributed by atoms with Gasteiger partial charge in [-0.1, -0.05) is 29.3 Å². The third kappa shape index (κ3) is 4.46. The zero-order chi connectivity index (χ0) is 20.3. The Morgan fingerprint density at radius 3 is 2.75 bits per heavy atom. The number of ether oxygens (including phenoxy) is 2. The van der Waals surface area contributed by atoms with Crippen LogP contribution in [0.15, 0.2) is 40.2 Å². The molecule has 1 aliphatic heterocycles. The SMILES string of the molecule is CCOc1cc(/C=C2/SC(=Nc3cccc(Cl)c3C)NC2=O)cc(Cl)c1OC. The number of carbonyl (C=O) groups excluding carboxylic acids is 1. The van der Waals surface area contributed by atoms with Crippen molar-refractivity contribution in [2.45, 2.75) is 13.8 Å². The molecule has 0 saturated carbocycles. The van der Waals surface area contributed by atoms with Crippen LogP contribution in [0.1, 0.15) is 18.1 Å². The lowest BCUT2D eigenvalue weighted by Gasteiger charge is -2.11. The lowest BCUT2D eigenvalue weighted by Crippen LogP contribution is -2.19. The lowest BCUT2D eigenvalue weighted by atomic mass is 10.2. The fourth-order valence-corrected chi connectivity index (χ4v) is 3.89. The number of amides is 1. The van der Waals surface area contributed by atoms with E-state index in [4.69, 9.17) is 32.7 Å². The minimum absolute atomic E-state index is 0.228. The highest BCUT2D eigenvalue weighted by atomic mass is 35.5.